The number of carbonyl (C=O) groups is 1. The molecule has 162 valence electrons. The molecule has 2 aromatic heterocycles. The fraction of sp³-hybridized carbons (Fsp3) is 0.417. The molecule has 3 heterocycles. The number of piperazine rings is 1. The van der Waals surface area contributed by atoms with E-state index in [2.05, 4.69) is 44.1 Å². The van der Waals surface area contributed by atoms with E-state index in [0.29, 0.717) is 12.8 Å². The highest BCUT2D eigenvalue weighted by molar-refractivity contribution is 7.98. The maximum absolute atomic E-state index is 12.8. The molecule has 1 fully saturated rings. The first-order valence-corrected chi connectivity index (χ1v) is 12.0. The van der Waals surface area contributed by atoms with Gasteiger partial charge in [-0.05, 0) is 43.7 Å². The van der Waals surface area contributed by atoms with E-state index in [9.17, 15) is 4.79 Å². The Labute approximate surface area is 188 Å². The molecule has 1 saturated heterocycles. The Kier molecular flexibility index (Phi) is 6.83. The second-order valence-corrected chi connectivity index (χ2v) is 8.78. The molecule has 1 aliphatic rings. The Balaban J connectivity index is 1.31. The predicted octanol–water partition coefficient (Wildman–Crippen LogP) is 3.64. The smallest absolute Gasteiger partial charge is 0.222 e. The summed E-state index contributed by atoms with van der Waals surface area (Å²) in [5.41, 5.74) is 5.39. The van der Waals surface area contributed by atoms with Crippen LogP contribution in [0.5, 0.6) is 0 Å². The van der Waals surface area contributed by atoms with Gasteiger partial charge in [0.15, 0.2) is 5.16 Å². The van der Waals surface area contributed by atoms with E-state index in [1.165, 1.54) is 10.9 Å². The number of aryl methyl sites for hydroxylation is 2. The molecule has 0 N–H and O–H groups in total. The first kappa shape index (κ1) is 21.7. The summed E-state index contributed by atoms with van der Waals surface area (Å²) in [6, 6.07) is 10.4. The van der Waals surface area contributed by atoms with Crippen LogP contribution in [0.4, 0.5) is 0 Å². The van der Waals surface area contributed by atoms with E-state index in [1.807, 2.05) is 37.3 Å². The third-order valence-electron chi connectivity index (χ3n) is 6.01. The molecule has 1 aliphatic heterocycles. The van der Waals surface area contributed by atoms with Crippen LogP contribution in [0.15, 0.2) is 41.7 Å². The second kappa shape index (κ2) is 9.75. The Hall–Kier alpha value is -2.51. The van der Waals surface area contributed by atoms with Crippen LogP contribution < -0.4 is 0 Å². The Morgan fingerprint density at radius 1 is 1.03 bits per heavy atom. The van der Waals surface area contributed by atoms with Crippen LogP contribution in [0.2, 0.25) is 0 Å². The molecule has 4 rings (SSSR count). The Bertz CT molecular complexity index is 1050. The molecule has 0 radical (unpaired) electrons. The summed E-state index contributed by atoms with van der Waals surface area (Å²) in [6.07, 6.45) is 5.04. The maximum Gasteiger partial charge on any atom is 0.222 e. The third-order valence-corrected chi connectivity index (χ3v) is 6.55. The topological polar surface area (TPSA) is 62.2 Å². The van der Waals surface area contributed by atoms with Gasteiger partial charge in [0.2, 0.25) is 5.91 Å². The second-order valence-electron chi connectivity index (χ2n) is 8.01. The van der Waals surface area contributed by atoms with Gasteiger partial charge >= 0.3 is 0 Å². The fourth-order valence-electron chi connectivity index (χ4n) is 4.24. The van der Waals surface area contributed by atoms with Gasteiger partial charge in [-0.2, -0.15) is 0 Å². The van der Waals surface area contributed by atoms with Crippen molar-refractivity contribution < 1.29 is 4.79 Å². The number of thioether (sulfide) groups is 1. The van der Waals surface area contributed by atoms with Gasteiger partial charge in [-0.25, -0.2) is 9.97 Å². The summed E-state index contributed by atoms with van der Waals surface area (Å²) in [6.45, 7) is 8.21. The number of rotatable bonds is 6. The van der Waals surface area contributed by atoms with Gasteiger partial charge in [-0.1, -0.05) is 36.0 Å². The van der Waals surface area contributed by atoms with Crippen LogP contribution in [0.1, 0.15) is 28.9 Å². The minimum Gasteiger partial charge on any atom is -0.340 e. The van der Waals surface area contributed by atoms with Crippen LogP contribution in [-0.2, 0) is 17.8 Å². The highest BCUT2D eigenvalue weighted by Crippen LogP contribution is 2.20. The van der Waals surface area contributed by atoms with E-state index >= 15 is 0 Å². The molecule has 0 saturated carbocycles. The SMILES string of the molecule is CSc1nc(C)c(CCC(=O)N2CCN(Cc3cccc4cccnc34)CC2)c(C)n1. The summed E-state index contributed by atoms with van der Waals surface area (Å²) >= 11 is 1.55. The number of aromatic nitrogens is 3. The van der Waals surface area contributed by atoms with E-state index in [0.717, 1.165) is 60.3 Å². The number of pyridine rings is 1. The molecule has 31 heavy (non-hydrogen) atoms. The molecule has 0 spiro atoms. The van der Waals surface area contributed by atoms with Gasteiger partial charge in [0, 0.05) is 62.1 Å². The van der Waals surface area contributed by atoms with Crippen molar-refractivity contribution in [1.82, 2.24) is 24.8 Å². The molecule has 3 aromatic rings. The van der Waals surface area contributed by atoms with Gasteiger partial charge in [0.05, 0.1) is 5.52 Å². The normalized spacial score (nSPS) is 14.9. The lowest BCUT2D eigenvalue weighted by atomic mass is 10.1. The van der Waals surface area contributed by atoms with E-state index in [4.69, 9.17) is 0 Å². The molecule has 0 aliphatic carbocycles. The summed E-state index contributed by atoms with van der Waals surface area (Å²) in [4.78, 5) is 30.8. The minimum atomic E-state index is 0.222. The van der Waals surface area contributed by atoms with Crippen LogP contribution in [0.25, 0.3) is 10.9 Å². The molecule has 1 amide bonds. The summed E-state index contributed by atoms with van der Waals surface area (Å²) < 4.78 is 0. The minimum absolute atomic E-state index is 0.222. The van der Waals surface area contributed by atoms with Gasteiger partial charge in [-0.3, -0.25) is 14.7 Å². The van der Waals surface area contributed by atoms with E-state index in [1.54, 1.807) is 11.8 Å². The molecule has 0 atom stereocenters. The zero-order valence-corrected chi connectivity index (χ0v) is 19.3. The number of nitrogens with zero attached hydrogens (tertiary/aromatic N) is 5. The molecular formula is C24H29N5OS. The monoisotopic (exact) mass is 435 g/mol. The lowest BCUT2D eigenvalue weighted by Gasteiger charge is -2.35. The number of hydrogen-bond donors (Lipinski definition) is 0. The van der Waals surface area contributed by atoms with Crippen LogP contribution in [0, 0.1) is 13.8 Å². The van der Waals surface area contributed by atoms with Crippen LogP contribution in [-0.4, -0.2) is 63.1 Å². The van der Waals surface area contributed by atoms with Crippen molar-refractivity contribution in [2.45, 2.75) is 38.4 Å². The van der Waals surface area contributed by atoms with Crippen molar-refractivity contribution in [2.75, 3.05) is 32.4 Å². The van der Waals surface area contributed by atoms with Crippen molar-refractivity contribution in [1.29, 1.82) is 0 Å². The lowest BCUT2D eigenvalue weighted by Crippen LogP contribution is -2.48. The molecular weight excluding hydrogens is 406 g/mol. The Morgan fingerprint density at radius 2 is 1.74 bits per heavy atom. The average Bonchev–Trinajstić information content (AvgIpc) is 2.79. The highest BCUT2D eigenvalue weighted by atomic mass is 32.2. The number of benzene rings is 1. The molecule has 7 heteroatoms. The first-order valence-electron chi connectivity index (χ1n) is 10.8. The van der Waals surface area contributed by atoms with E-state index in [-0.39, 0.29) is 5.91 Å². The van der Waals surface area contributed by atoms with Crippen molar-refractivity contribution in [3.05, 3.63) is 59.0 Å². The molecule has 0 bridgehead atoms. The number of carbonyl (C=O) groups excluding carboxylic acids is 1. The number of amides is 1. The molecule has 0 unspecified atom stereocenters. The summed E-state index contributed by atoms with van der Waals surface area (Å²) in [5.74, 6) is 0.222. The van der Waals surface area contributed by atoms with Gasteiger partial charge in [-0.15, -0.1) is 0 Å². The van der Waals surface area contributed by atoms with Crippen molar-refractivity contribution in [2.24, 2.45) is 0 Å². The molecule has 6 nitrogen and oxygen atoms in total. The summed E-state index contributed by atoms with van der Waals surface area (Å²) in [5, 5.41) is 1.97. The molecule has 1 aromatic carbocycles. The van der Waals surface area contributed by atoms with Gasteiger partial charge in [0.1, 0.15) is 0 Å². The first-order chi connectivity index (χ1) is 15.0. The largest absolute Gasteiger partial charge is 0.340 e. The summed E-state index contributed by atoms with van der Waals surface area (Å²) in [7, 11) is 0. The highest BCUT2D eigenvalue weighted by Gasteiger charge is 2.22. The van der Waals surface area contributed by atoms with Crippen LogP contribution in [0.3, 0.4) is 0 Å². The van der Waals surface area contributed by atoms with Gasteiger partial charge < -0.3 is 4.90 Å². The Morgan fingerprint density at radius 3 is 2.45 bits per heavy atom. The number of hydrogen-bond acceptors (Lipinski definition) is 6. The predicted molar refractivity (Wildman–Crippen MR) is 125 cm³/mol. The van der Waals surface area contributed by atoms with Crippen LogP contribution >= 0.6 is 11.8 Å². The standard InChI is InChI=1S/C24H29N5OS/c1-17-21(18(2)27-24(26-17)31-3)9-10-22(30)29-14-12-28(13-15-29)16-20-7-4-6-19-8-5-11-25-23(19)20/h4-8,11H,9-10,12-16H2,1-3H3. The fourth-order valence-corrected chi connectivity index (χ4v) is 4.70. The lowest BCUT2D eigenvalue weighted by molar-refractivity contribution is -0.133. The van der Waals surface area contributed by atoms with Gasteiger partial charge in [0.25, 0.3) is 0 Å². The third kappa shape index (κ3) is 5.05. The van der Waals surface area contributed by atoms with Crippen molar-refractivity contribution in [3.8, 4) is 0 Å². The average molecular weight is 436 g/mol. The van der Waals surface area contributed by atoms with Crippen molar-refractivity contribution >= 4 is 28.6 Å². The number of para-hydroxylation sites is 1. The van der Waals surface area contributed by atoms with Crippen molar-refractivity contribution in [3.63, 3.8) is 0 Å². The number of fused-ring (bicyclic) bond motifs is 1. The maximum atomic E-state index is 12.8. The quantitative estimate of drug-likeness (QED) is 0.435. The van der Waals surface area contributed by atoms with E-state index < -0.39 is 0 Å². The zero-order valence-electron chi connectivity index (χ0n) is 18.5. The zero-order chi connectivity index (χ0) is 21.8.